The van der Waals surface area contributed by atoms with Crippen molar-refractivity contribution >= 4 is 27.6 Å². The maximum atomic E-state index is 12.7. The Hall–Kier alpha value is -2.74. The van der Waals surface area contributed by atoms with Gasteiger partial charge in [-0.2, -0.15) is 0 Å². The SMILES string of the molecule is CCCCC/C=C\C/C=C\C/C=C\C/C=C\CCCC(=O)OC[C@H](COP(=O)(O)OC[C@@H](O)COP(=O)(O)O)OC(=O)CCCC(O)/C=C/C=C/C/C=C/CCCCCCCC. The third-order valence-electron chi connectivity index (χ3n) is 8.85. The zero-order chi connectivity index (χ0) is 46.0. The lowest BCUT2D eigenvalue weighted by Crippen LogP contribution is -2.30. The molecule has 14 nitrogen and oxygen atoms in total. The lowest BCUT2D eigenvalue weighted by atomic mass is 10.1. The number of allylic oxidation sites excluding steroid dienone is 13. The number of hydrogen-bond acceptors (Lipinski definition) is 11. The van der Waals surface area contributed by atoms with Crippen LogP contribution in [0, 0.1) is 0 Å². The molecule has 356 valence electrons. The van der Waals surface area contributed by atoms with E-state index in [1.165, 1.54) is 57.8 Å². The van der Waals surface area contributed by atoms with Gasteiger partial charge in [-0.15, -0.1) is 0 Å². The molecule has 2 unspecified atom stereocenters. The molecule has 0 saturated carbocycles. The van der Waals surface area contributed by atoms with Gasteiger partial charge in [0.05, 0.1) is 25.9 Å². The number of hydrogen-bond donors (Lipinski definition) is 5. The number of ether oxygens (including phenoxy) is 2. The molecule has 0 aromatic heterocycles. The van der Waals surface area contributed by atoms with Gasteiger partial charge in [0.15, 0.2) is 6.10 Å². The predicted octanol–water partition coefficient (Wildman–Crippen LogP) is 10.5. The third kappa shape index (κ3) is 43.9. The van der Waals surface area contributed by atoms with Gasteiger partial charge < -0.3 is 34.4 Å². The van der Waals surface area contributed by atoms with Gasteiger partial charge >= 0.3 is 27.6 Å². The molecular formula is C46H78O14P2. The fourth-order valence-electron chi connectivity index (χ4n) is 5.41. The molecule has 0 radical (unpaired) electrons. The molecule has 0 bridgehead atoms. The van der Waals surface area contributed by atoms with Crippen LogP contribution < -0.4 is 0 Å². The van der Waals surface area contributed by atoms with Crippen LogP contribution in [-0.4, -0.2) is 81.6 Å². The van der Waals surface area contributed by atoms with Crippen LogP contribution in [0.3, 0.4) is 0 Å². The number of phosphoric ester groups is 2. The van der Waals surface area contributed by atoms with Crippen molar-refractivity contribution in [2.75, 3.05) is 26.4 Å². The first-order valence-corrected chi connectivity index (χ1v) is 25.4. The van der Waals surface area contributed by atoms with Gasteiger partial charge in [0.2, 0.25) is 0 Å². The molecule has 0 heterocycles. The summed E-state index contributed by atoms with van der Waals surface area (Å²) in [6.45, 7) is 1.44. The Balaban J connectivity index is 4.79. The number of unbranched alkanes of at least 4 members (excludes halogenated alkanes) is 10. The highest BCUT2D eigenvalue weighted by Crippen LogP contribution is 2.43. The van der Waals surface area contributed by atoms with Gasteiger partial charge in [0.1, 0.15) is 12.7 Å². The predicted molar refractivity (Wildman–Crippen MR) is 245 cm³/mol. The van der Waals surface area contributed by atoms with Crippen molar-refractivity contribution < 1.29 is 66.7 Å². The number of aliphatic hydroxyl groups is 2. The van der Waals surface area contributed by atoms with Crippen LogP contribution in [0.25, 0.3) is 0 Å². The van der Waals surface area contributed by atoms with Gasteiger partial charge in [-0.05, 0) is 77.0 Å². The molecule has 0 aliphatic heterocycles. The topological polar surface area (TPSA) is 216 Å². The van der Waals surface area contributed by atoms with Crippen LogP contribution in [0.2, 0.25) is 0 Å². The lowest BCUT2D eigenvalue weighted by molar-refractivity contribution is -0.161. The second kappa shape index (κ2) is 41.0. The average molecular weight is 917 g/mol. The van der Waals surface area contributed by atoms with Gasteiger partial charge in [-0.3, -0.25) is 23.2 Å². The molecule has 0 aromatic carbocycles. The Morgan fingerprint density at radius 3 is 1.63 bits per heavy atom. The Kier molecular flexibility index (Phi) is 39.2. The van der Waals surface area contributed by atoms with Crippen molar-refractivity contribution in [3.63, 3.8) is 0 Å². The van der Waals surface area contributed by atoms with Gasteiger partial charge in [-0.25, -0.2) is 9.13 Å². The van der Waals surface area contributed by atoms with Gasteiger partial charge in [0.25, 0.3) is 0 Å². The molecule has 62 heavy (non-hydrogen) atoms. The van der Waals surface area contributed by atoms with Crippen molar-refractivity contribution in [1.82, 2.24) is 0 Å². The van der Waals surface area contributed by atoms with E-state index in [0.29, 0.717) is 12.8 Å². The number of carbonyl (C=O) groups excluding carboxylic acids is 2. The van der Waals surface area contributed by atoms with E-state index in [2.05, 4.69) is 71.5 Å². The normalized spacial score (nSPS) is 15.3. The number of rotatable bonds is 41. The average Bonchev–Trinajstić information content (AvgIpc) is 3.22. The minimum atomic E-state index is -4.89. The maximum absolute atomic E-state index is 12.7. The Morgan fingerprint density at radius 2 is 1.02 bits per heavy atom. The second-order valence-electron chi connectivity index (χ2n) is 14.8. The van der Waals surface area contributed by atoms with Crippen molar-refractivity contribution in [2.45, 2.75) is 167 Å². The van der Waals surface area contributed by atoms with Crippen molar-refractivity contribution in [1.29, 1.82) is 0 Å². The third-order valence-corrected chi connectivity index (χ3v) is 10.3. The van der Waals surface area contributed by atoms with Gasteiger partial charge in [0, 0.05) is 12.8 Å². The molecule has 0 aliphatic carbocycles. The van der Waals surface area contributed by atoms with E-state index in [-0.39, 0.29) is 25.7 Å². The molecule has 0 fully saturated rings. The second-order valence-corrected chi connectivity index (χ2v) is 17.5. The van der Waals surface area contributed by atoms with Crippen molar-refractivity contribution in [3.8, 4) is 0 Å². The molecule has 0 rings (SSSR count). The minimum absolute atomic E-state index is 0.0757. The highest BCUT2D eigenvalue weighted by Gasteiger charge is 2.28. The van der Waals surface area contributed by atoms with Crippen molar-refractivity contribution in [3.05, 3.63) is 85.1 Å². The molecule has 0 aromatic rings. The summed E-state index contributed by atoms with van der Waals surface area (Å²) in [6.07, 6.45) is 43.2. The summed E-state index contributed by atoms with van der Waals surface area (Å²) in [4.78, 5) is 52.7. The summed E-state index contributed by atoms with van der Waals surface area (Å²) in [7, 11) is -9.77. The van der Waals surface area contributed by atoms with E-state index in [9.17, 15) is 33.8 Å². The number of carbonyl (C=O) groups is 2. The van der Waals surface area contributed by atoms with E-state index in [1.807, 2.05) is 24.3 Å². The van der Waals surface area contributed by atoms with Crippen LogP contribution in [0.1, 0.15) is 149 Å². The molecule has 0 aliphatic rings. The highest BCUT2D eigenvalue weighted by atomic mass is 31.2. The standard InChI is InChI=1S/C46H78O14P2/c1-3-5-7-9-11-13-15-17-18-19-20-22-24-26-28-30-32-36-45(49)56-40-44(41-59-62(54,55)58-39-43(48)38-57-61(51,52)53)60-46(50)37-33-35-42(47)34-31-29-27-25-23-21-16-14-12-10-8-6-4-2/h11,13,17-18,20-23,26-29,31,34,42-44,47-48H,3-10,12,14-16,19,24-25,30,32-33,35-41H2,1-2H3,(H,54,55)(H2,51,52,53)/b13-11-,18-17-,22-20-,23-21+,28-26-,29-27+,34-31+/t42?,43-,44+/m0/s1. The van der Waals surface area contributed by atoms with Crippen LogP contribution >= 0.6 is 15.6 Å². The zero-order valence-corrected chi connectivity index (χ0v) is 39.1. The van der Waals surface area contributed by atoms with E-state index in [1.54, 1.807) is 12.2 Å². The molecule has 5 N–H and O–H groups in total. The highest BCUT2D eigenvalue weighted by molar-refractivity contribution is 7.47. The monoisotopic (exact) mass is 916 g/mol. The quantitative estimate of drug-likeness (QED) is 0.0127. The van der Waals surface area contributed by atoms with E-state index >= 15 is 0 Å². The van der Waals surface area contributed by atoms with E-state index < -0.39 is 72.3 Å². The first kappa shape index (κ1) is 59.3. The summed E-state index contributed by atoms with van der Waals surface area (Å²) in [6, 6.07) is 0. The summed E-state index contributed by atoms with van der Waals surface area (Å²) >= 11 is 0. The summed E-state index contributed by atoms with van der Waals surface area (Å²) in [5, 5.41) is 20.1. The lowest BCUT2D eigenvalue weighted by Gasteiger charge is -2.20. The van der Waals surface area contributed by atoms with Crippen LogP contribution in [0.4, 0.5) is 0 Å². The van der Waals surface area contributed by atoms with E-state index in [4.69, 9.17) is 23.8 Å². The van der Waals surface area contributed by atoms with Crippen molar-refractivity contribution in [2.24, 2.45) is 0 Å². The largest absolute Gasteiger partial charge is 0.472 e. The molecule has 0 saturated heterocycles. The fourth-order valence-corrected chi connectivity index (χ4v) is 6.56. The number of esters is 2. The van der Waals surface area contributed by atoms with Crippen LogP contribution in [-0.2, 0) is 41.8 Å². The Labute approximate surface area is 371 Å². The summed E-state index contributed by atoms with van der Waals surface area (Å²) in [5.41, 5.74) is 0. The Morgan fingerprint density at radius 1 is 0.532 bits per heavy atom. The fraction of sp³-hybridized carbons (Fsp3) is 0.652. The molecule has 0 amide bonds. The maximum Gasteiger partial charge on any atom is 0.472 e. The zero-order valence-electron chi connectivity index (χ0n) is 37.3. The first-order chi connectivity index (χ1) is 29.8. The number of aliphatic hydroxyl groups excluding tert-OH is 2. The molecule has 16 heteroatoms. The smallest absolute Gasteiger partial charge is 0.462 e. The molecular weight excluding hydrogens is 838 g/mol. The molecule has 0 spiro atoms. The van der Waals surface area contributed by atoms with Crippen LogP contribution in [0.5, 0.6) is 0 Å². The minimum Gasteiger partial charge on any atom is -0.462 e. The van der Waals surface area contributed by atoms with Crippen LogP contribution in [0.15, 0.2) is 85.1 Å². The summed E-state index contributed by atoms with van der Waals surface area (Å²) in [5.74, 6) is -1.30. The number of phosphoric acid groups is 2. The van der Waals surface area contributed by atoms with Gasteiger partial charge in [-0.1, -0.05) is 144 Å². The summed E-state index contributed by atoms with van der Waals surface area (Å²) < 4.78 is 47.6. The Bertz CT molecular complexity index is 1430. The van der Waals surface area contributed by atoms with E-state index in [0.717, 1.165) is 38.5 Å². The first-order valence-electron chi connectivity index (χ1n) is 22.4. The molecule has 4 atom stereocenters.